The molecule has 0 aromatic heterocycles. The Labute approximate surface area is 159 Å². The van der Waals surface area contributed by atoms with E-state index in [9.17, 15) is 9.18 Å². The largest absolute Gasteiger partial charge is 0.495 e. The molecule has 144 valence electrons. The lowest BCUT2D eigenvalue weighted by Crippen LogP contribution is -2.51. The number of carbonyl (C=O) groups is 1. The fourth-order valence-corrected chi connectivity index (χ4v) is 3.39. The van der Waals surface area contributed by atoms with Crippen molar-refractivity contribution < 1.29 is 13.9 Å². The summed E-state index contributed by atoms with van der Waals surface area (Å²) in [5.41, 5.74) is 1.66. The van der Waals surface area contributed by atoms with E-state index in [1.165, 1.54) is 6.07 Å². The van der Waals surface area contributed by atoms with Crippen LogP contribution in [0.25, 0.3) is 0 Å². The monoisotopic (exact) mass is 371 g/mol. The average molecular weight is 371 g/mol. The molecule has 1 aliphatic heterocycles. The van der Waals surface area contributed by atoms with Gasteiger partial charge in [0.25, 0.3) is 0 Å². The zero-order valence-corrected chi connectivity index (χ0v) is 15.9. The molecule has 1 heterocycles. The quantitative estimate of drug-likeness (QED) is 0.782. The number of halogens is 1. The fraction of sp³-hybridized carbons (Fsp3) is 0.381. The predicted molar refractivity (Wildman–Crippen MR) is 105 cm³/mol. The molecule has 5 nitrogen and oxygen atoms in total. The van der Waals surface area contributed by atoms with Gasteiger partial charge in [0, 0.05) is 38.3 Å². The van der Waals surface area contributed by atoms with Crippen LogP contribution in [-0.4, -0.2) is 62.6 Å². The van der Waals surface area contributed by atoms with E-state index < -0.39 is 0 Å². The normalized spacial score (nSPS) is 14.5. The number of carbonyl (C=O) groups excluding carboxylic acids is 1. The summed E-state index contributed by atoms with van der Waals surface area (Å²) in [4.78, 5) is 18.6. The van der Waals surface area contributed by atoms with Gasteiger partial charge in [-0.3, -0.25) is 9.69 Å². The molecule has 1 saturated heterocycles. The minimum absolute atomic E-state index is 0.0773. The number of benzene rings is 2. The van der Waals surface area contributed by atoms with Gasteiger partial charge in [-0.1, -0.05) is 30.3 Å². The summed E-state index contributed by atoms with van der Waals surface area (Å²) < 4.78 is 19.2. The highest BCUT2D eigenvalue weighted by Crippen LogP contribution is 2.28. The molecule has 1 aliphatic rings. The van der Waals surface area contributed by atoms with Crippen LogP contribution in [0.15, 0.2) is 48.5 Å². The molecule has 6 heteroatoms. The van der Waals surface area contributed by atoms with Crippen molar-refractivity contribution in [2.45, 2.75) is 6.54 Å². The topological polar surface area (TPSA) is 36.0 Å². The number of anilines is 1. The second kappa shape index (κ2) is 8.86. The summed E-state index contributed by atoms with van der Waals surface area (Å²) in [5, 5.41) is 0. The van der Waals surface area contributed by atoms with Gasteiger partial charge in [-0.15, -0.1) is 0 Å². The van der Waals surface area contributed by atoms with Crippen LogP contribution in [0.5, 0.6) is 5.75 Å². The maximum atomic E-state index is 13.8. The number of likely N-dealkylation sites (N-methyl/N-ethyl adjacent to an activating group) is 1. The zero-order chi connectivity index (χ0) is 19.2. The summed E-state index contributed by atoms with van der Waals surface area (Å²) in [7, 11) is 3.51. The molecule has 3 rings (SSSR count). The van der Waals surface area contributed by atoms with Crippen molar-refractivity contribution in [2.75, 3.05) is 51.8 Å². The van der Waals surface area contributed by atoms with E-state index in [1.807, 2.05) is 47.2 Å². The molecule has 0 N–H and O–H groups in total. The predicted octanol–water partition coefficient (Wildman–Crippen LogP) is 2.61. The van der Waals surface area contributed by atoms with E-state index in [1.54, 1.807) is 19.2 Å². The average Bonchev–Trinajstić information content (AvgIpc) is 2.69. The fourth-order valence-electron chi connectivity index (χ4n) is 3.39. The molecule has 2 aromatic rings. The van der Waals surface area contributed by atoms with E-state index in [2.05, 4.69) is 4.90 Å². The van der Waals surface area contributed by atoms with Crippen LogP contribution in [0.3, 0.4) is 0 Å². The van der Waals surface area contributed by atoms with Crippen molar-refractivity contribution in [3.05, 3.63) is 59.9 Å². The first kappa shape index (κ1) is 19.2. The van der Waals surface area contributed by atoms with Crippen LogP contribution in [-0.2, 0) is 11.3 Å². The third-order valence-corrected chi connectivity index (χ3v) is 4.86. The summed E-state index contributed by atoms with van der Waals surface area (Å²) in [6.07, 6.45) is 0. The number of para-hydroxylation sites is 2. The highest BCUT2D eigenvalue weighted by Gasteiger charge is 2.23. The number of hydrogen-bond donors (Lipinski definition) is 0. The summed E-state index contributed by atoms with van der Waals surface area (Å²) >= 11 is 0. The van der Waals surface area contributed by atoms with Gasteiger partial charge in [-0.2, -0.15) is 0 Å². The van der Waals surface area contributed by atoms with Crippen LogP contribution in [0.2, 0.25) is 0 Å². The molecule has 1 amide bonds. The number of methoxy groups -OCH3 is 1. The number of hydrogen-bond acceptors (Lipinski definition) is 4. The van der Waals surface area contributed by atoms with Gasteiger partial charge in [-0.25, -0.2) is 4.39 Å². The summed E-state index contributed by atoms with van der Waals surface area (Å²) in [6.45, 7) is 3.57. The highest BCUT2D eigenvalue weighted by atomic mass is 19.1. The smallest absolute Gasteiger partial charge is 0.236 e. The van der Waals surface area contributed by atoms with Crippen molar-refractivity contribution in [2.24, 2.45) is 0 Å². The molecule has 0 atom stereocenters. The van der Waals surface area contributed by atoms with Crippen molar-refractivity contribution >= 4 is 11.6 Å². The Morgan fingerprint density at radius 3 is 2.44 bits per heavy atom. The van der Waals surface area contributed by atoms with Gasteiger partial charge in [0.15, 0.2) is 0 Å². The Balaban J connectivity index is 1.52. The zero-order valence-electron chi connectivity index (χ0n) is 15.9. The molecule has 27 heavy (non-hydrogen) atoms. The van der Waals surface area contributed by atoms with Crippen molar-refractivity contribution in [1.29, 1.82) is 0 Å². The molecule has 2 aromatic carbocycles. The van der Waals surface area contributed by atoms with E-state index in [0.29, 0.717) is 25.2 Å². The lowest BCUT2D eigenvalue weighted by molar-refractivity contribution is -0.132. The van der Waals surface area contributed by atoms with Gasteiger partial charge >= 0.3 is 0 Å². The third-order valence-electron chi connectivity index (χ3n) is 4.86. The van der Waals surface area contributed by atoms with Crippen LogP contribution < -0.4 is 9.64 Å². The minimum Gasteiger partial charge on any atom is -0.495 e. The molecule has 0 saturated carbocycles. The second-order valence-electron chi connectivity index (χ2n) is 6.80. The first-order valence-electron chi connectivity index (χ1n) is 9.16. The molecule has 1 fully saturated rings. The summed E-state index contributed by atoms with van der Waals surface area (Å²) in [5.74, 6) is 0.692. The third kappa shape index (κ3) is 4.77. The van der Waals surface area contributed by atoms with Crippen LogP contribution in [0.1, 0.15) is 5.56 Å². The minimum atomic E-state index is -0.234. The Morgan fingerprint density at radius 1 is 1.07 bits per heavy atom. The van der Waals surface area contributed by atoms with Gasteiger partial charge in [0.2, 0.25) is 5.91 Å². The highest BCUT2D eigenvalue weighted by molar-refractivity contribution is 5.78. The number of piperazine rings is 1. The molecule has 0 spiro atoms. The first-order valence-corrected chi connectivity index (χ1v) is 9.16. The van der Waals surface area contributed by atoms with E-state index in [4.69, 9.17) is 4.74 Å². The molecule has 0 bridgehead atoms. The van der Waals surface area contributed by atoms with Gasteiger partial charge in [-0.05, 0) is 25.2 Å². The van der Waals surface area contributed by atoms with Gasteiger partial charge in [0.1, 0.15) is 11.6 Å². The molecular formula is C21H26FN3O2. The van der Waals surface area contributed by atoms with E-state index >= 15 is 0 Å². The van der Waals surface area contributed by atoms with E-state index in [0.717, 1.165) is 24.5 Å². The maximum absolute atomic E-state index is 13.8. The number of amides is 1. The first-order chi connectivity index (χ1) is 13.1. The number of nitrogens with zero attached hydrogens (tertiary/aromatic N) is 3. The summed E-state index contributed by atoms with van der Waals surface area (Å²) in [6, 6.07) is 14.6. The van der Waals surface area contributed by atoms with Crippen molar-refractivity contribution in [1.82, 2.24) is 9.80 Å². The number of rotatable bonds is 6. The second-order valence-corrected chi connectivity index (χ2v) is 6.80. The SMILES string of the molecule is COc1ccccc1N1CCN(C(=O)CN(C)Cc2ccccc2F)CC1. The Bertz CT molecular complexity index is 776. The maximum Gasteiger partial charge on any atom is 0.236 e. The Kier molecular flexibility index (Phi) is 6.29. The van der Waals surface area contributed by atoms with Gasteiger partial charge in [0.05, 0.1) is 19.3 Å². The molecule has 0 radical (unpaired) electrons. The molecule has 0 aliphatic carbocycles. The van der Waals surface area contributed by atoms with Gasteiger partial charge < -0.3 is 14.5 Å². The number of ether oxygens (including phenoxy) is 1. The lowest BCUT2D eigenvalue weighted by Gasteiger charge is -2.37. The van der Waals surface area contributed by atoms with Crippen molar-refractivity contribution in [3.63, 3.8) is 0 Å². The lowest BCUT2D eigenvalue weighted by atomic mass is 10.2. The van der Waals surface area contributed by atoms with Crippen LogP contribution in [0, 0.1) is 5.82 Å². The Hall–Kier alpha value is -2.60. The standard InChI is InChI=1S/C21H26FN3O2/c1-23(15-17-7-3-4-8-18(17)22)16-21(26)25-13-11-24(12-14-25)19-9-5-6-10-20(19)27-2/h3-10H,11-16H2,1-2H3. The van der Waals surface area contributed by atoms with Crippen LogP contribution in [0.4, 0.5) is 10.1 Å². The molecular weight excluding hydrogens is 345 g/mol. The van der Waals surface area contributed by atoms with Crippen molar-refractivity contribution in [3.8, 4) is 5.75 Å². The Morgan fingerprint density at radius 2 is 1.74 bits per heavy atom. The van der Waals surface area contributed by atoms with Crippen LogP contribution >= 0.6 is 0 Å². The van der Waals surface area contributed by atoms with E-state index in [-0.39, 0.29) is 18.3 Å². The molecule has 0 unspecified atom stereocenters.